The van der Waals surface area contributed by atoms with Gasteiger partial charge in [-0.2, -0.15) is 5.10 Å². The molecule has 0 aliphatic heterocycles. The molecule has 0 fully saturated rings. The fourth-order valence-corrected chi connectivity index (χ4v) is 2.89. The van der Waals surface area contributed by atoms with E-state index >= 15 is 0 Å². The van der Waals surface area contributed by atoms with Crippen LogP contribution in [0.3, 0.4) is 0 Å². The van der Waals surface area contributed by atoms with Gasteiger partial charge in [-0.05, 0) is 31.2 Å². The van der Waals surface area contributed by atoms with Crippen molar-refractivity contribution in [3.05, 3.63) is 96.3 Å². The molecule has 4 aromatic rings. The molecule has 5 nitrogen and oxygen atoms in total. The van der Waals surface area contributed by atoms with E-state index in [0.717, 1.165) is 16.9 Å². The van der Waals surface area contributed by atoms with Crippen molar-refractivity contribution in [1.29, 1.82) is 0 Å². The molecule has 27 heavy (non-hydrogen) atoms. The average Bonchev–Trinajstić information content (AvgIpc) is 3.13. The van der Waals surface area contributed by atoms with E-state index < -0.39 is 0 Å². The number of nitrogens with one attached hydrogen (secondary N) is 1. The van der Waals surface area contributed by atoms with Gasteiger partial charge in [0.25, 0.3) is 5.91 Å². The summed E-state index contributed by atoms with van der Waals surface area (Å²) in [4.78, 5) is 17.0. The molecule has 0 spiro atoms. The van der Waals surface area contributed by atoms with Crippen molar-refractivity contribution in [2.75, 3.05) is 5.32 Å². The summed E-state index contributed by atoms with van der Waals surface area (Å²) >= 11 is 0. The lowest BCUT2D eigenvalue weighted by molar-refractivity contribution is 0.102. The Hall–Kier alpha value is -3.73. The first-order valence-electron chi connectivity index (χ1n) is 8.66. The molecule has 0 bridgehead atoms. The van der Waals surface area contributed by atoms with Gasteiger partial charge >= 0.3 is 0 Å². The van der Waals surface area contributed by atoms with Crippen molar-refractivity contribution in [2.24, 2.45) is 0 Å². The van der Waals surface area contributed by atoms with E-state index in [9.17, 15) is 4.79 Å². The fourth-order valence-electron chi connectivity index (χ4n) is 2.89. The number of aryl methyl sites for hydroxylation is 1. The van der Waals surface area contributed by atoms with Crippen LogP contribution in [0.2, 0.25) is 0 Å². The molecule has 2 aromatic carbocycles. The molecule has 0 aliphatic rings. The van der Waals surface area contributed by atoms with Gasteiger partial charge < -0.3 is 5.32 Å². The lowest BCUT2D eigenvalue weighted by Gasteiger charge is -2.09. The SMILES string of the molecule is Cc1ncccc1C(=O)Nc1cc(-c2ccccc2)nn1-c1ccccc1. The Bertz CT molecular complexity index is 1070. The van der Waals surface area contributed by atoms with Crippen LogP contribution < -0.4 is 5.32 Å². The van der Waals surface area contributed by atoms with Crippen LogP contribution in [0.4, 0.5) is 5.82 Å². The number of aromatic nitrogens is 3. The first-order chi connectivity index (χ1) is 13.2. The van der Waals surface area contributed by atoms with Gasteiger partial charge in [-0.1, -0.05) is 48.5 Å². The highest BCUT2D eigenvalue weighted by molar-refractivity contribution is 6.04. The zero-order chi connectivity index (χ0) is 18.6. The molecular formula is C22H18N4O. The Morgan fingerprint density at radius 1 is 0.926 bits per heavy atom. The second-order valence-electron chi connectivity index (χ2n) is 6.12. The summed E-state index contributed by atoms with van der Waals surface area (Å²) < 4.78 is 1.74. The minimum absolute atomic E-state index is 0.211. The quantitative estimate of drug-likeness (QED) is 0.587. The van der Waals surface area contributed by atoms with Gasteiger partial charge in [0.15, 0.2) is 0 Å². The summed E-state index contributed by atoms with van der Waals surface area (Å²) in [5, 5.41) is 7.68. The van der Waals surface area contributed by atoms with Crippen molar-refractivity contribution in [1.82, 2.24) is 14.8 Å². The van der Waals surface area contributed by atoms with E-state index in [1.54, 1.807) is 23.0 Å². The lowest BCUT2D eigenvalue weighted by Crippen LogP contribution is -2.16. The van der Waals surface area contributed by atoms with Gasteiger partial charge in [0, 0.05) is 23.5 Å². The Morgan fingerprint density at radius 3 is 2.33 bits per heavy atom. The highest BCUT2D eigenvalue weighted by Gasteiger charge is 2.16. The molecule has 2 heterocycles. The van der Waals surface area contributed by atoms with Gasteiger partial charge in [0.1, 0.15) is 5.82 Å². The molecule has 1 N–H and O–H groups in total. The van der Waals surface area contributed by atoms with Crippen LogP contribution in [0.15, 0.2) is 85.1 Å². The zero-order valence-corrected chi connectivity index (χ0v) is 14.8. The largest absolute Gasteiger partial charge is 0.306 e. The van der Waals surface area contributed by atoms with Gasteiger partial charge in [0.05, 0.1) is 16.9 Å². The normalized spacial score (nSPS) is 10.6. The van der Waals surface area contributed by atoms with Crippen LogP contribution >= 0.6 is 0 Å². The summed E-state index contributed by atoms with van der Waals surface area (Å²) in [6.07, 6.45) is 1.67. The molecule has 0 radical (unpaired) electrons. The number of pyridine rings is 1. The molecule has 0 unspecified atom stereocenters. The van der Waals surface area contributed by atoms with E-state index in [4.69, 9.17) is 5.10 Å². The predicted octanol–water partition coefficient (Wildman–Crippen LogP) is 4.50. The molecule has 1 amide bonds. The van der Waals surface area contributed by atoms with Crippen LogP contribution in [0.1, 0.15) is 16.1 Å². The molecule has 0 saturated heterocycles. The van der Waals surface area contributed by atoms with Crippen molar-refractivity contribution in [2.45, 2.75) is 6.92 Å². The highest BCUT2D eigenvalue weighted by Crippen LogP contribution is 2.25. The molecule has 132 valence electrons. The van der Waals surface area contributed by atoms with Gasteiger partial charge in [0.2, 0.25) is 0 Å². The summed E-state index contributed by atoms with van der Waals surface area (Å²) in [6.45, 7) is 1.82. The zero-order valence-electron chi connectivity index (χ0n) is 14.8. The number of rotatable bonds is 4. The average molecular weight is 354 g/mol. The maximum atomic E-state index is 12.8. The van der Waals surface area contributed by atoms with Crippen LogP contribution in [0, 0.1) is 6.92 Å². The molecule has 0 aliphatic carbocycles. The van der Waals surface area contributed by atoms with Crippen molar-refractivity contribution < 1.29 is 4.79 Å². The first-order valence-corrected chi connectivity index (χ1v) is 8.66. The Labute approximate surface area is 157 Å². The first kappa shape index (κ1) is 16.7. The van der Waals surface area contributed by atoms with Crippen LogP contribution in [-0.2, 0) is 0 Å². The second kappa shape index (κ2) is 7.25. The molecule has 0 saturated carbocycles. The molecule has 2 aromatic heterocycles. The maximum Gasteiger partial charge on any atom is 0.258 e. The monoisotopic (exact) mass is 354 g/mol. The van der Waals surface area contributed by atoms with Crippen LogP contribution in [0.5, 0.6) is 0 Å². The van der Waals surface area contributed by atoms with Crippen molar-refractivity contribution >= 4 is 11.7 Å². The third kappa shape index (κ3) is 3.48. The topological polar surface area (TPSA) is 59.8 Å². The summed E-state index contributed by atoms with van der Waals surface area (Å²) in [5.41, 5.74) is 3.87. The maximum absolute atomic E-state index is 12.8. The molecule has 5 heteroatoms. The number of hydrogen-bond acceptors (Lipinski definition) is 3. The Morgan fingerprint density at radius 2 is 1.63 bits per heavy atom. The minimum atomic E-state index is -0.211. The number of benzene rings is 2. The number of amides is 1. The van der Waals surface area contributed by atoms with E-state index in [2.05, 4.69) is 10.3 Å². The number of para-hydroxylation sites is 1. The summed E-state index contributed by atoms with van der Waals surface area (Å²) in [7, 11) is 0. The summed E-state index contributed by atoms with van der Waals surface area (Å²) in [6, 6.07) is 25.0. The van der Waals surface area contributed by atoms with Crippen molar-refractivity contribution in [3.63, 3.8) is 0 Å². The van der Waals surface area contributed by atoms with E-state index in [1.807, 2.05) is 73.7 Å². The highest BCUT2D eigenvalue weighted by atomic mass is 16.1. The van der Waals surface area contributed by atoms with Gasteiger partial charge in [-0.25, -0.2) is 4.68 Å². The fraction of sp³-hybridized carbons (Fsp3) is 0.0455. The number of nitrogens with zero attached hydrogens (tertiary/aromatic N) is 3. The molecular weight excluding hydrogens is 336 g/mol. The minimum Gasteiger partial charge on any atom is -0.306 e. The smallest absolute Gasteiger partial charge is 0.258 e. The van der Waals surface area contributed by atoms with E-state index in [0.29, 0.717) is 17.1 Å². The Balaban J connectivity index is 1.76. The van der Waals surface area contributed by atoms with Gasteiger partial charge in [-0.15, -0.1) is 0 Å². The van der Waals surface area contributed by atoms with Crippen LogP contribution in [-0.4, -0.2) is 20.7 Å². The third-order valence-corrected chi connectivity index (χ3v) is 4.27. The number of carbonyl (C=O) groups is 1. The van der Waals surface area contributed by atoms with E-state index in [1.165, 1.54) is 0 Å². The Kier molecular flexibility index (Phi) is 4.49. The standard InChI is InChI=1S/C22H18N4O/c1-16-19(13-8-14-23-16)22(27)24-21-15-20(17-9-4-2-5-10-17)25-26(21)18-11-6-3-7-12-18/h2-15H,1H3,(H,24,27). The summed E-state index contributed by atoms with van der Waals surface area (Å²) in [5.74, 6) is 0.394. The van der Waals surface area contributed by atoms with Gasteiger partial charge in [-0.3, -0.25) is 9.78 Å². The third-order valence-electron chi connectivity index (χ3n) is 4.27. The number of anilines is 1. The number of carbonyl (C=O) groups excluding carboxylic acids is 1. The number of hydrogen-bond donors (Lipinski definition) is 1. The van der Waals surface area contributed by atoms with E-state index in [-0.39, 0.29) is 5.91 Å². The predicted molar refractivity (Wildman–Crippen MR) is 106 cm³/mol. The lowest BCUT2D eigenvalue weighted by atomic mass is 10.1. The molecule has 0 atom stereocenters. The molecule has 4 rings (SSSR count). The van der Waals surface area contributed by atoms with Crippen molar-refractivity contribution in [3.8, 4) is 16.9 Å². The second-order valence-corrected chi connectivity index (χ2v) is 6.12. The van der Waals surface area contributed by atoms with Crippen LogP contribution in [0.25, 0.3) is 16.9 Å².